The highest BCUT2D eigenvalue weighted by Gasteiger charge is 2.17. The highest BCUT2D eigenvalue weighted by Crippen LogP contribution is 2.25. The van der Waals surface area contributed by atoms with Gasteiger partial charge in [-0.3, -0.25) is 4.90 Å². The van der Waals surface area contributed by atoms with Crippen molar-refractivity contribution in [3.63, 3.8) is 0 Å². The number of hydrogen-bond donors (Lipinski definition) is 0. The molecular formula is C10H16ClN3S. The van der Waals surface area contributed by atoms with Gasteiger partial charge in [-0.1, -0.05) is 24.2 Å². The van der Waals surface area contributed by atoms with Gasteiger partial charge in [0.2, 0.25) is 4.47 Å². The first-order valence-corrected chi connectivity index (χ1v) is 6.60. The molecule has 0 aromatic carbocycles. The van der Waals surface area contributed by atoms with E-state index in [9.17, 15) is 0 Å². The Hall–Kier alpha value is -0.190. The molecule has 1 aliphatic rings. The normalized spacial score (nSPS) is 17.8. The zero-order valence-electron chi connectivity index (χ0n) is 8.95. The smallest absolute Gasteiger partial charge is 0.207 e. The molecule has 1 aliphatic carbocycles. The van der Waals surface area contributed by atoms with Crippen molar-refractivity contribution in [3.05, 3.63) is 9.47 Å². The molecule has 1 aromatic rings. The standard InChI is InChI=1S/C10H16ClN3S/c1-14(6-8-4-2-3-5-8)7-9-12-13-10(11)15-9/h8H,2-7H2,1H3. The van der Waals surface area contributed by atoms with Gasteiger partial charge in [0.05, 0.1) is 6.54 Å². The van der Waals surface area contributed by atoms with Gasteiger partial charge >= 0.3 is 0 Å². The lowest BCUT2D eigenvalue weighted by molar-refractivity contribution is 0.270. The Bertz CT molecular complexity index is 309. The Morgan fingerprint density at radius 1 is 1.40 bits per heavy atom. The molecule has 1 heterocycles. The highest BCUT2D eigenvalue weighted by molar-refractivity contribution is 7.15. The summed E-state index contributed by atoms with van der Waals surface area (Å²) in [6, 6.07) is 0. The second-order valence-corrected chi connectivity index (χ2v) is 5.94. The van der Waals surface area contributed by atoms with Gasteiger partial charge in [-0.25, -0.2) is 0 Å². The van der Waals surface area contributed by atoms with E-state index in [0.717, 1.165) is 17.5 Å². The van der Waals surface area contributed by atoms with Gasteiger partial charge in [0.15, 0.2) is 0 Å². The van der Waals surface area contributed by atoms with Crippen LogP contribution in [-0.2, 0) is 6.54 Å². The molecule has 1 aromatic heterocycles. The Balaban J connectivity index is 1.78. The number of halogens is 1. The number of aromatic nitrogens is 2. The van der Waals surface area contributed by atoms with Crippen molar-refractivity contribution < 1.29 is 0 Å². The molecule has 0 spiro atoms. The lowest BCUT2D eigenvalue weighted by Gasteiger charge is -2.18. The van der Waals surface area contributed by atoms with E-state index in [0.29, 0.717) is 4.47 Å². The van der Waals surface area contributed by atoms with Gasteiger partial charge in [-0.2, -0.15) is 0 Å². The van der Waals surface area contributed by atoms with Crippen LogP contribution in [0.2, 0.25) is 4.47 Å². The third-order valence-corrected chi connectivity index (χ3v) is 3.90. The fourth-order valence-corrected chi connectivity index (χ4v) is 3.17. The number of hydrogen-bond acceptors (Lipinski definition) is 4. The zero-order valence-corrected chi connectivity index (χ0v) is 10.5. The van der Waals surface area contributed by atoms with E-state index in [1.165, 1.54) is 43.6 Å². The summed E-state index contributed by atoms with van der Waals surface area (Å²) in [7, 11) is 2.15. The summed E-state index contributed by atoms with van der Waals surface area (Å²) in [5.41, 5.74) is 0. The van der Waals surface area contributed by atoms with E-state index < -0.39 is 0 Å². The van der Waals surface area contributed by atoms with Crippen LogP contribution < -0.4 is 0 Å². The molecule has 5 heteroatoms. The summed E-state index contributed by atoms with van der Waals surface area (Å²) in [6.45, 7) is 2.05. The van der Waals surface area contributed by atoms with Crippen molar-refractivity contribution in [3.8, 4) is 0 Å². The van der Waals surface area contributed by atoms with Crippen molar-refractivity contribution in [2.24, 2.45) is 5.92 Å². The van der Waals surface area contributed by atoms with Crippen LogP contribution in [0.15, 0.2) is 0 Å². The Morgan fingerprint density at radius 2 is 2.13 bits per heavy atom. The molecule has 0 unspecified atom stereocenters. The Morgan fingerprint density at radius 3 is 2.73 bits per heavy atom. The minimum atomic E-state index is 0.541. The lowest BCUT2D eigenvalue weighted by atomic mass is 10.1. The summed E-state index contributed by atoms with van der Waals surface area (Å²) in [5.74, 6) is 0.887. The van der Waals surface area contributed by atoms with Crippen LogP contribution in [0.1, 0.15) is 30.7 Å². The highest BCUT2D eigenvalue weighted by atomic mass is 35.5. The first-order valence-electron chi connectivity index (χ1n) is 5.40. The summed E-state index contributed by atoms with van der Waals surface area (Å²) < 4.78 is 0.541. The second-order valence-electron chi connectivity index (χ2n) is 4.30. The maximum atomic E-state index is 5.74. The monoisotopic (exact) mass is 245 g/mol. The van der Waals surface area contributed by atoms with Crippen molar-refractivity contribution in [1.82, 2.24) is 15.1 Å². The molecule has 2 rings (SSSR count). The van der Waals surface area contributed by atoms with Gasteiger partial charge < -0.3 is 0 Å². The van der Waals surface area contributed by atoms with Gasteiger partial charge in [0, 0.05) is 6.54 Å². The van der Waals surface area contributed by atoms with Gasteiger partial charge in [0.1, 0.15) is 5.01 Å². The first kappa shape index (κ1) is 11.3. The van der Waals surface area contributed by atoms with Crippen LogP contribution in [0.5, 0.6) is 0 Å². The minimum Gasteiger partial charge on any atom is -0.299 e. The van der Waals surface area contributed by atoms with E-state index in [-0.39, 0.29) is 0 Å². The van der Waals surface area contributed by atoms with Crippen molar-refractivity contribution in [2.75, 3.05) is 13.6 Å². The number of rotatable bonds is 4. The largest absolute Gasteiger partial charge is 0.299 e. The molecule has 84 valence electrons. The van der Waals surface area contributed by atoms with E-state index in [1.807, 2.05) is 0 Å². The van der Waals surface area contributed by atoms with Crippen LogP contribution in [0, 0.1) is 5.92 Å². The third kappa shape index (κ3) is 3.40. The van der Waals surface area contributed by atoms with Crippen LogP contribution in [0.3, 0.4) is 0 Å². The van der Waals surface area contributed by atoms with Crippen molar-refractivity contribution in [2.45, 2.75) is 32.2 Å². The molecule has 3 nitrogen and oxygen atoms in total. The third-order valence-electron chi connectivity index (χ3n) is 2.89. The SMILES string of the molecule is CN(Cc1nnc(Cl)s1)CC1CCCC1. The van der Waals surface area contributed by atoms with Gasteiger partial charge in [0.25, 0.3) is 0 Å². The predicted molar refractivity (Wildman–Crippen MR) is 63.2 cm³/mol. The molecule has 0 saturated heterocycles. The maximum absolute atomic E-state index is 5.74. The fourth-order valence-electron chi connectivity index (χ4n) is 2.23. The minimum absolute atomic E-state index is 0.541. The predicted octanol–water partition coefficient (Wildman–Crippen LogP) is 2.81. The average molecular weight is 246 g/mol. The van der Waals surface area contributed by atoms with Crippen LogP contribution in [0.4, 0.5) is 0 Å². The lowest BCUT2D eigenvalue weighted by Crippen LogP contribution is -2.23. The van der Waals surface area contributed by atoms with Crippen LogP contribution >= 0.6 is 22.9 Å². The number of nitrogens with zero attached hydrogens (tertiary/aromatic N) is 3. The average Bonchev–Trinajstić information content (AvgIpc) is 2.77. The molecule has 0 radical (unpaired) electrons. The topological polar surface area (TPSA) is 29.0 Å². The molecule has 0 bridgehead atoms. The van der Waals surface area contributed by atoms with E-state index in [1.54, 1.807) is 0 Å². The maximum Gasteiger partial charge on any atom is 0.207 e. The van der Waals surface area contributed by atoms with Gasteiger partial charge in [-0.15, -0.1) is 10.2 Å². The Kier molecular flexibility index (Phi) is 3.94. The van der Waals surface area contributed by atoms with Crippen LogP contribution in [-0.4, -0.2) is 28.7 Å². The first-order chi connectivity index (χ1) is 7.24. The molecule has 0 aliphatic heterocycles. The molecule has 15 heavy (non-hydrogen) atoms. The molecule has 0 N–H and O–H groups in total. The molecule has 1 fully saturated rings. The van der Waals surface area contributed by atoms with Crippen molar-refractivity contribution >= 4 is 22.9 Å². The van der Waals surface area contributed by atoms with Crippen molar-refractivity contribution in [1.29, 1.82) is 0 Å². The molecule has 0 amide bonds. The van der Waals surface area contributed by atoms with Crippen LogP contribution in [0.25, 0.3) is 0 Å². The quantitative estimate of drug-likeness (QED) is 0.817. The van der Waals surface area contributed by atoms with E-state index >= 15 is 0 Å². The molecule has 1 saturated carbocycles. The summed E-state index contributed by atoms with van der Waals surface area (Å²) in [5, 5.41) is 8.85. The van der Waals surface area contributed by atoms with E-state index in [2.05, 4.69) is 22.1 Å². The summed E-state index contributed by atoms with van der Waals surface area (Å²) in [6.07, 6.45) is 5.59. The second kappa shape index (κ2) is 5.23. The zero-order chi connectivity index (χ0) is 10.7. The fraction of sp³-hybridized carbons (Fsp3) is 0.800. The summed E-state index contributed by atoms with van der Waals surface area (Å²) in [4.78, 5) is 2.33. The molecular weight excluding hydrogens is 230 g/mol. The van der Waals surface area contributed by atoms with Gasteiger partial charge in [-0.05, 0) is 37.4 Å². The van der Waals surface area contributed by atoms with E-state index in [4.69, 9.17) is 11.6 Å². The molecule has 0 atom stereocenters. The Labute approximate surface area is 99.5 Å². The summed E-state index contributed by atoms with van der Waals surface area (Å²) >= 11 is 7.22.